The summed E-state index contributed by atoms with van der Waals surface area (Å²) < 4.78 is 0. The van der Waals surface area contributed by atoms with Crippen molar-refractivity contribution in [3.05, 3.63) is 23.7 Å². The average molecular weight is 206 g/mol. The van der Waals surface area contributed by atoms with Crippen molar-refractivity contribution in [3.63, 3.8) is 0 Å². The topological polar surface area (TPSA) is 0 Å². The van der Waals surface area contributed by atoms with Crippen LogP contribution >= 0.6 is 8.19 Å². The summed E-state index contributed by atoms with van der Waals surface area (Å²) >= 11 is 0. The molecule has 0 saturated carbocycles. The summed E-state index contributed by atoms with van der Waals surface area (Å²) in [5.41, 5.74) is 0. The van der Waals surface area contributed by atoms with E-state index >= 15 is 0 Å². The number of rotatable bonds is 0. The Morgan fingerprint density at radius 3 is 1.67 bits per heavy atom. The van der Waals surface area contributed by atoms with E-state index in [0.29, 0.717) is 0 Å². The van der Waals surface area contributed by atoms with Gasteiger partial charge in [0.25, 0.3) is 0 Å². The molecule has 0 nitrogen and oxygen atoms in total. The van der Waals surface area contributed by atoms with E-state index in [4.69, 9.17) is 0 Å². The average Bonchev–Trinajstić information content (AvgIpc) is 1.76. The standard InChI is InChI=1S/C4H5P.Sn.3H/c1-2-4-5-3-1;;;;/h1-5H;;;;. The van der Waals surface area contributed by atoms with Gasteiger partial charge in [-0.1, -0.05) is 12.1 Å². The van der Waals surface area contributed by atoms with Crippen LogP contribution in [0, 0.1) is 0 Å². The van der Waals surface area contributed by atoms with E-state index < -0.39 is 0 Å². The van der Waals surface area contributed by atoms with Crippen LogP contribution in [0.15, 0.2) is 23.7 Å². The third kappa shape index (κ3) is 1.88. The summed E-state index contributed by atoms with van der Waals surface area (Å²) in [6.45, 7) is 0. The predicted molar refractivity (Wildman–Crippen MR) is 35.9 cm³/mol. The van der Waals surface area contributed by atoms with Crippen LogP contribution in [0.25, 0.3) is 0 Å². The zero-order valence-corrected chi connectivity index (χ0v) is 10.5. The Morgan fingerprint density at radius 2 is 1.50 bits per heavy atom. The molecule has 0 bridgehead atoms. The van der Waals surface area contributed by atoms with E-state index in [9.17, 15) is 0 Å². The molecular weight excluding hydrogens is 198 g/mol. The molecule has 0 spiro atoms. The van der Waals surface area contributed by atoms with Gasteiger partial charge in [-0.2, -0.15) is 0 Å². The van der Waals surface area contributed by atoms with Gasteiger partial charge in [0.1, 0.15) is 0 Å². The van der Waals surface area contributed by atoms with Crippen molar-refractivity contribution in [1.29, 1.82) is 0 Å². The molecule has 6 heavy (non-hydrogen) atoms. The van der Waals surface area contributed by atoms with E-state index in [2.05, 4.69) is 23.7 Å². The summed E-state index contributed by atoms with van der Waals surface area (Å²) in [7, 11) is 0.948. The van der Waals surface area contributed by atoms with Crippen molar-refractivity contribution in [2.24, 2.45) is 0 Å². The Hall–Kier alpha value is 0.579. The van der Waals surface area contributed by atoms with Gasteiger partial charge in [-0.15, -0.1) is 8.19 Å². The molecule has 1 aromatic rings. The molecule has 33 valence electrons. The van der Waals surface area contributed by atoms with Gasteiger partial charge in [0.05, 0.1) is 0 Å². The van der Waals surface area contributed by atoms with Gasteiger partial charge in [0.15, 0.2) is 0 Å². The quantitative estimate of drug-likeness (QED) is 0.543. The Morgan fingerprint density at radius 1 is 1.00 bits per heavy atom. The minimum atomic E-state index is 0. The minimum absolute atomic E-state index is 0. The Balaban J connectivity index is 0.000000250. The Kier molecular flexibility index (Phi) is 4.12. The van der Waals surface area contributed by atoms with Gasteiger partial charge in [0, 0.05) is 0 Å². The first-order valence-electron chi connectivity index (χ1n) is 1.58. The predicted octanol–water partition coefficient (Wildman–Crippen LogP) is 0.534. The van der Waals surface area contributed by atoms with Crippen LogP contribution in [0.5, 0.6) is 0 Å². The number of hydrogen-bond donors (Lipinski definition) is 0. The smallest absolute Gasteiger partial charge is 0.0454 e. The summed E-state index contributed by atoms with van der Waals surface area (Å²) in [6.07, 6.45) is 0. The minimum Gasteiger partial charge on any atom is -0.140 e. The maximum atomic E-state index is 2.15. The molecular formula is C4H8PSn. The van der Waals surface area contributed by atoms with Crippen LogP contribution in [-0.4, -0.2) is 23.9 Å². The normalized spacial score (nSPS) is 6.67. The van der Waals surface area contributed by atoms with E-state index in [1.54, 1.807) is 0 Å². The van der Waals surface area contributed by atoms with Crippen molar-refractivity contribution in [1.82, 2.24) is 0 Å². The van der Waals surface area contributed by atoms with E-state index in [-0.39, 0.29) is 23.9 Å². The van der Waals surface area contributed by atoms with Gasteiger partial charge in [0.2, 0.25) is 0 Å². The molecule has 0 amide bonds. The molecule has 0 aliphatic rings. The third-order valence-electron chi connectivity index (χ3n) is 0.496. The summed E-state index contributed by atoms with van der Waals surface area (Å²) in [5.74, 6) is 4.31. The van der Waals surface area contributed by atoms with Gasteiger partial charge < -0.3 is 0 Å². The molecule has 1 rings (SSSR count). The Bertz CT molecular complexity index is 64.0. The van der Waals surface area contributed by atoms with Gasteiger partial charge in [-0.25, -0.2) is 0 Å². The van der Waals surface area contributed by atoms with E-state index in [1.165, 1.54) is 0 Å². The van der Waals surface area contributed by atoms with Crippen LogP contribution in [0.1, 0.15) is 0 Å². The fourth-order valence-corrected chi connectivity index (χ4v) is 0.833. The van der Waals surface area contributed by atoms with Crippen LogP contribution in [-0.2, 0) is 0 Å². The summed E-state index contributed by atoms with van der Waals surface area (Å²) in [4.78, 5) is 0. The molecule has 2 heteroatoms. The van der Waals surface area contributed by atoms with Crippen LogP contribution in [0.4, 0.5) is 0 Å². The van der Waals surface area contributed by atoms with Gasteiger partial charge in [-0.05, 0) is 11.6 Å². The molecule has 0 aliphatic carbocycles. The zero-order chi connectivity index (χ0) is 3.54. The van der Waals surface area contributed by atoms with Crippen molar-refractivity contribution in [2.45, 2.75) is 0 Å². The van der Waals surface area contributed by atoms with Crippen LogP contribution in [0.2, 0.25) is 0 Å². The maximum Gasteiger partial charge on any atom is -0.0454 e. The third-order valence-corrected chi connectivity index (χ3v) is 1.27. The largest absolute Gasteiger partial charge is 0.140 e. The molecule has 1 radical (unpaired) electrons. The summed E-state index contributed by atoms with van der Waals surface area (Å²) in [6, 6.07) is 4.14. The second-order valence-electron chi connectivity index (χ2n) is 0.885. The van der Waals surface area contributed by atoms with Crippen LogP contribution < -0.4 is 0 Å². The molecule has 0 atom stereocenters. The van der Waals surface area contributed by atoms with Crippen molar-refractivity contribution in [3.8, 4) is 0 Å². The van der Waals surface area contributed by atoms with Crippen molar-refractivity contribution in [2.75, 3.05) is 0 Å². The zero-order valence-electron chi connectivity index (χ0n) is 3.81. The van der Waals surface area contributed by atoms with E-state index in [0.717, 1.165) is 8.19 Å². The van der Waals surface area contributed by atoms with Crippen molar-refractivity contribution < 1.29 is 0 Å². The molecule has 0 unspecified atom stereocenters. The molecule has 0 fully saturated rings. The molecule has 0 aromatic carbocycles. The van der Waals surface area contributed by atoms with Crippen molar-refractivity contribution >= 4 is 32.1 Å². The first kappa shape index (κ1) is 6.58. The summed E-state index contributed by atoms with van der Waals surface area (Å²) in [5, 5.41) is 0. The van der Waals surface area contributed by atoms with Crippen LogP contribution in [0.3, 0.4) is 0 Å². The first-order chi connectivity index (χ1) is 2.50. The molecule has 0 N–H and O–H groups in total. The first-order valence-corrected chi connectivity index (χ1v) is 2.73. The second-order valence-corrected chi connectivity index (χ2v) is 1.88. The fraction of sp³-hybridized carbons (Fsp3) is 0. The maximum absolute atomic E-state index is 2.15. The monoisotopic (exact) mass is 207 g/mol. The molecule has 0 aliphatic heterocycles. The Labute approximate surface area is 56.0 Å². The molecule has 1 aromatic heterocycles. The molecule has 0 saturated heterocycles. The van der Waals surface area contributed by atoms with Gasteiger partial charge in [-0.3, -0.25) is 0 Å². The number of hydrogen-bond acceptors (Lipinski definition) is 0. The second kappa shape index (κ2) is 3.76. The fourth-order valence-electron chi connectivity index (χ4n) is 0.278. The molecule has 1 heterocycles. The van der Waals surface area contributed by atoms with Gasteiger partial charge >= 0.3 is 23.9 Å². The van der Waals surface area contributed by atoms with E-state index in [1.807, 2.05) is 0 Å². The SMILES string of the molecule is [SnH3].c1cc[pH]c1.